The van der Waals surface area contributed by atoms with E-state index in [0.29, 0.717) is 36.4 Å². The van der Waals surface area contributed by atoms with Crippen molar-refractivity contribution in [2.24, 2.45) is 0 Å². The van der Waals surface area contributed by atoms with Crippen LogP contribution in [0.25, 0.3) is 5.76 Å². The zero-order chi connectivity index (χ0) is 21.8. The molecule has 158 valence electrons. The lowest BCUT2D eigenvalue weighted by atomic mass is 9.94. The zero-order valence-electron chi connectivity index (χ0n) is 17.2. The van der Waals surface area contributed by atoms with Crippen LogP contribution < -0.4 is 4.74 Å². The fourth-order valence-electron chi connectivity index (χ4n) is 3.67. The van der Waals surface area contributed by atoms with E-state index < -0.39 is 17.7 Å². The number of likely N-dealkylation sites (tertiary alicyclic amines) is 1. The second-order valence-corrected chi connectivity index (χ2v) is 7.11. The fourth-order valence-corrected chi connectivity index (χ4v) is 3.67. The summed E-state index contributed by atoms with van der Waals surface area (Å²) in [4.78, 5) is 27.1. The maximum Gasteiger partial charge on any atom is 0.295 e. The van der Waals surface area contributed by atoms with Gasteiger partial charge < -0.3 is 24.6 Å². The molecule has 1 saturated heterocycles. The topological polar surface area (TPSA) is 96.3 Å². The van der Waals surface area contributed by atoms with Gasteiger partial charge in [-0.1, -0.05) is 12.1 Å². The minimum absolute atomic E-state index is 0.0210. The highest BCUT2D eigenvalue weighted by Crippen LogP contribution is 2.40. The van der Waals surface area contributed by atoms with Gasteiger partial charge in [0.25, 0.3) is 11.7 Å². The molecule has 1 aliphatic rings. The quantitative estimate of drug-likeness (QED) is 0.314. The van der Waals surface area contributed by atoms with Crippen molar-refractivity contribution in [3.8, 4) is 11.5 Å². The van der Waals surface area contributed by atoms with Crippen LogP contribution in [0.1, 0.15) is 29.2 Å². The SMILES string of the molecule is COCCCN1C(=O)C(=O)C(=C(O)c2ccc(OC)c(C)c2)[C@H]1c1ccc(O)cc1. The van der Waals surface area contributed by atoms with Gasteiger partial charge in [0.05, 0.1) is 18.7 Å². The Labute approximate surface area is 175 Å². The minimum atomic E-state index is -0.759. The first-order valence-electron chi connectivity index (χ1n) is 9.60. The summed E-state index contributed by atoms with van der Waals surface area (Å²) in [6.07, 6.45) is 0.541. The van der Waals surface area contributed by atoms with Crippen molar-refractivity contribution in [1.82, 2.24) is 4.90 Å². The average molecular weight is 411 g/mol. The van der Waals surface area contributed by atoms with Crippen LogP contribution in [0.5, 0.6) is 11.5 Å². The van der Waals surface area contributed by atoms with Crippen molar-refractivity contribution in [3.63, 3.8) is 0 Å². The molecule has 1 amide bonds. The van der Waals surface area contributed by atoms with Gasteiger partial charge in [-0.2, -0.15) is 0 Å². The Morgan fingerprint density at radius 3 is 2.40 bits per heavy atom. The highest BCUT2D eigenvalue weighted by molar-refractivity contribution is 6.46. The van der Waals surface area contributed by atoms with Gasteiger partial charge in [-0.15, -0.1) is 0 Å². The van der Waals surface area contributed by atoms with Crippen LogP contribution in [0.4, 0.5) is 0 Å². The van der Waals surface area contributed by atoms with E-state index in [1.807, 2.05) is 6.92 Å². The van der Waals surface area contributed by atoms with Crippen molar-refractivity contribution in [3.05, 3.63) is 64.7 Å². The first-order chi connectivity index (χ1) is 14.4. The minimum Gasteiger partial charge on any atom is -0.508 e. The Morgan fingerprint density at radius 2 is 1.80 bits per heavy atom. The van der Waals surface area contributed by atoms with E-state index in [2.05, 4.69) is 0 Å². The largest absolute Gasteiger partial charge is 0.508 e. The molecule has 1 atom stereocenters. The summed E-state index contributed by atoms with van der Waals surface area (Å²) in [5.41, 5.74) is 1.85. The second-order valence-electron chi connectivity index (χ2n) is 7.11. The molecule has 0 aliphatic carbocycles. The Bertz CT molecular complexity index is 980. The number of amides is 1. The number of carbonyl (C=O) groups is 2. The Morgan fingerprint density at radius 1 is 1.10 bits per heavy atom. The lowest BCUT2D eigenvalue weighted by molar-refractivity contribution is -0.140. The van der Waals surface area contributed by atoms with E-state index in [-0.39, 0.29) is 17.1 Å². The number of aliphatic hydroxyl groups excluding tert-OH is 1. The third-order valence-electron chi connectivity index (χ3n) is 5.16. The van der Waals surface area contributed by atoms with Crippen LogP contribution >= 0.6 is 0 Å². The number of carbonyl (C=O) groups excluding carboxylic acids is 2. The Balaban J connectivity index is 2.12. The maximum absolute atomic E-state index is 12.9. The predicted octanol–water partition coefficient (Wildman–Crippen LogP) is 3.17. The van der Waals surface area contributed by atoms with Gasteiger partial charge in [0.1, 0.15) is 17.3 Å². The van der Waals surface area contributed by atoms with E-state index in [0.717, 1.165) is 5.56 Å². The summed E-state index contributed by atoms with van der Waals surface area (Å²) < 4.78 is 10.3. The summed E-state index contributed by atoms with van der Waals surface area (Å²) in [5.74, 6) is -0.929. The van der Waals surface area contributed by atoms with Crippen LogP contribution in [-0.2, 0) is 14.3 Å². The molecule has 2 aromatic carbocycles. The highest BCUT2D eigenvalue weighted by atomic mass is 16.5. The first-order valence-corrected chi connectivity index (χ1v) is 9.60. The molecular formula is C23H25NO6. The third kappa shape index (κ3) is 4.02. The number of aliphatic hydroxyl groups is 1. The fraction of sp³-hybridized carbons (Fsp3) is 0.304. The van der Waals surface area contributed by atoms with Crippen LogP contribution in [0, 0.1) is 6.92 Å². The number of aryl methyl sites for hydroxylation is 1. The molecule has 7 nitrogen and oxygen atoms in total. The van der Waals surface area contributed by atoms with Crippen LogP contribution in [0.3, 0.4) is 0 Å². The number of nitrogens with zero attached hydrogens (tertiary/aromatic N) is 1. The van der Waals surface area contributed by atoms with E-state index >= 15 is 0 Å². The summed E-state index contributed by atoms with van der Waals surface area (Å²) in [6.45, 7) is 2.56. The molecule has 2 N–H and O–H groups in total. The number of ether oxygens (including phenoxy) is 2. The molecule has 3 rings (SSSR count). The van der Waals surface area contributed by atoms with E-state index in [9.17, 15) is 19.8 Å². The summed E-state index contributed by atoms with van der Waals surface area (Å²) >= 11 is 0. The second kappa shape index (κ2) is 9.00. The number of aromatic hydroxyl groups is 1. The van der Waals surface area contributed by atoms with Crippen LogP contribution in [0.15, 0.2) is 48.0 Å². The Hall–Kier alpha value is -3.32. The number of ketones is 1. The van der Waals surface area contributed by atoms with Gasteiger partial charge in [0.15, 0.2) is 0 Å². The number of methoxy groups -OCH3 is 2. The average Bonchev–Trinajstić information content (AvgIpc) is 2.99. The molecule has 0 saturated carbocycles. The first kappa shape index (κ1) is 21.4. The standard InChI is InChI=1S/C23H25NO6/c1-14-13-16(7-10-18(14)30-3)21(26)19-20(15-5-8-17(25)9-6-15)24(11-4-12-29-2)23(28)22(19)27/h5-10,13,20,25-26H,4,11-12H2,1-3H3/t20-/m1/s1. The van der Waals surface area contributed by atoms with Crippen molar-refractivity contribution in [2.75, 3.05) is 27.4 Å². The third-order valence-corrected chi connectivity index (χ3v) is 5.16. The molecule has 0 bridgehead atoms. The Kier molecular flexibility index (Phi) is 6.42. The molecule has 0 radical (unpaired) electrons. The number of Topliss-reactive ketones (excluding diaryl/α,β-unsaturated/α-hetero) is 1. The van der Waals surface area contributed by atoms with Crippen molar-refractivity contribution < 1.29 is 29.3 Å². The lowest BCUT2D eigenvalue weighted by Crippen LogP contribution is -2.31. The number of hydrogen-bond donors (Lipinski definition) is 2. The normalized spacial score (nSPS) is 18.1. The van der Waals surface area contributed by atoms with E-state index in [1.165, 1.54) is 17.0 Å². The number of hydrogen-bond acceptors (Lipinski definition) is 6. The molecule has 1 aliphatic heterocycles. The molecule has 2 aromatic rings. The summed E-state index contributed by atoms with van der Waals surface area (Å²) in [5, 5.41) is 20.7. The van der Waals surface area contributed by atoms with Gasteiger partial charge in [0.2, 0.25) is 0 Å². The van der Waals surface area contributed by atoms with Gasteiger partial charge in [-0.25, -0.2) is 0 Å². The van der Waals surface area contributed by atoms with Crippen molar-refractivity contribution in [2.45, 2.75) is 19.4 Å². The molecule has 7 heteroatoms. The number of phenolic OH excluding ortho intramolecular Hbond substituents is 1. The van der Waals surface area contributed by atoms with Crippen molar-refractivity contribution in [1.29, 1.82) is 0 Å². The molecular weight excluding hydrogens is 386 g/mol. The van der Waals surface area contributed by atoms with Crippen molar-refractivity contribution >= 4 is 17.4 Å². The number of benzene rings is 2. The van der Waals surface area contributed by atoms with Gasteiger partial charge in [-0.3, -0.25) is 9.59 Å². The summed E-state index contributed by atoms with van der Waals surface area (Å²) in [6, 6.07) is 10.6. The molecule has 1 heterocycles. The van der Waals surface area contributed by atoms with Gasteiger partial charge in [0, 0.05) is 25.8 Å². The maximum atomic E-state index is 12.9. The van der Waals surface area contributed by atoms with E-state index in [1.54, 1.807) is 44.6 Å². The smallest absolute Gasteiger partial charge is 0.295 e. The monoisotopic (exact) mass is 411 g/mol. The highest BCUT2D eigenvalue weighted by Gasteiger charge is 2.45. The van der Waals surface area contributed by atoms with Gasteiger partial charge >= 0.3 is 0 Å². The lowest BCUT2D eigenvalue weighted by Gasteiger charge is -2.25. The summed E-state index contributed by atoms with van der Waals surface area (Å²) in [7, 11) is 3.12. The van der Waals surface area contributed by atoms with Crippen LogP contribution in [-0.4, -0.2) is 54.2 Å². The van der Waals surface area contributed by atoms with E-state index in [4.69, 9.17) is 9.47 Å². The molecule has 0 unspecified atom stereocenters. The molecule has 30 heavy (non-hydrogen) atoms. The predicted molar refractivity (Wildman–Crippen MR) is 111 cm³/mol. The van der Waals surface area contributed by atoms with Crippen LogP contribution in [0.2, 0.25) is 0 Å². The molecule has 0 spiro atoms. The van der Waals surface area contributed by atoms with Gasteiger partial charge in [-0.05, 0) is 54.8 Å². The number of rotatable bonds is 7. The molecule has 0 aromatic heterocycles. The molecule has 1 fully saturated rings. The zero-order valence-corrected chi connectivity index (χ0v) is 17.2. The number of phenols is 1.